The van der Waals surface area contributed by atoms with Crippen molar-refractivity contribution >= 4 is 17.6 Å². The molecule has 0 saturated carbocycles. The predicted octanol–water partition coefficient (Wildman–Crippen LogP) is 4.65. The molecule has 4 aromatic heterocycles. The Labute approximate surface area is 258 Å². The molecule has 0 saturated heterocycles. The highest BCUT2D eigenvalue weighted by Gasteiger charge is 2.20. The number of carbonyl (C=O) groups is 1. The van der Waals surface area contributed by atoms with E-state index in [1.54, 1.807) is 31.0 Å². The molecule has 44 heavy (non-hydrogen) atoms. The van der Waals surface area contributed by atoms with Gasteiger partial charge in [0, 0.05) is 49.5 Å². The van der Waals surface area contributed by atoms with Crippen LogP contribution in [0.2, 0.25) is 0 Å². The second-order valence-electron chi connectivity index (χ2n) is 10.9. The van der Waals surface area contributed by atoms with Gasteiger partial charge in [-0.25, -0.2) is 14.8 Å². The van der Waals surface area contributed by atoms with E-state index in [1.165, 1.54) is 5.56 Å². The van der Waals surface area contributed by atoms with E-state index >= 15 is 0 Å². The summed E-state index contributed by atoms with van der Waals surface area (Å²) in [6.07, 6.45) is 13.8. The molecule has 3 N–H and O–H groups in total. The van der Waals surface area contributed by atoms with Gasteiger partial charge in [0.25, 0.3) is 0 Å². The zero-order valence-electron chi connectivity index (χ0n) is 25.2. The largest absolute Gasteiger partial charge is 0.490 e. The molecule has 0 aromatic carbocycles. The molecular weight excluding hydrogens is 556 g/mol. The maximum absolute atomic E-state index is 12.2. The van der Waals surface area contributed by atoms with Gasteiger partial charge in [-0.1, -0.05) is 6.07 Å². The van der Waals surface area contributed by atoms with Crippen molar-refractivity contribution in [2.24, 2.45) is 0 Å². The smallest absolute Gasteiger partial charge is 0.326 e. The number of hydrogen-bond donors (Lipinski definition) is 3. The van der Waals surface area contributed by atoms with Gasteiger partial charge in [-0.15, -0.1) is 0 Å². The average Bonchev–Trinajstić information content (AvgIpc) is 3.05. The quantitative estimate of drug-likeness (QED) is 0.156. The van der Waals surface area contributed by atoms with Crippen molar-refractivity contribution in [2.75, 3.05) is 43.4 Å². The van der Waals surface area contributed by atoms with Gasteiger partial charge >= 0.3 is 5.97 Å². The molecule has 0 aliphatic carbocycles. The Bertz CT molecular complexity index is 1500. The standard InChI is InChI=1S/C33H40N8O3/c1-24-30(8-5-14-36-24)44-21-20-41(18-3-2-7-27-10-9-26-6-4-15-37-32(26)38-27)19-13-28(33(42)43)39-31-23-35-22-29(40-31)25-11-16-34-17-12-25/h5,8-12,14,16-17,22-23,28H,2-4,6-7,13,15,18-21H2,1H3,(H,37,38)(H,39,40)(H,42,43). The number of pyridine rings is 3. The van der Waals surface area contributed by atoms with E-state index in [1.807, 2.05) is 31.2 Å². The van der Waals surface area contributed by atoms with Crippen LogP contribution in [0, 0.1) is 6.92 Å². The van der Waals surface area contributed by atoms with E-state index in [0.29, 0.717) is 37.6 Å². The van der Waals surface area contributed by atoms with Crippen LogP contribution >= 0.6 is 0 Å². The Morgan fingerprint density at radius 2 is 1.93 bits per heavy atom. The first-order chi connectivity index (χ1) is 21.5. The van der Waals surface area contributed by atoms with E-state index in [4.69, 9.17) is 9.72 Å². The van der Waals surface area contributed by atoms with Gasteiger partial charge in [0.05, 0.1) is 23.8 Å². The number of carboxylic acid groups (broad SMARTS) is 1. The summed E-state index contributed by atoms with van der Waals surface area (Å²) >= 11 is 0. The molecule has 1 atom stereocenters. The monoisotopic (exact) mass is 596 g/mol. The summed E-state index contributed by atoms with van der Waals surface area (Å²) in [6.45, 7) is 5.45. The third kappa shape index (κ3) is 8.93. The van der Waals surface area contributed by atoms with Crippen LogP contribution in [0.3, 0.4) is 0 Å². The number of nitrogens with zero attached hydrogens (tertiary/aromatic N) is 6. The maximum Gasteiger partial charge on any atom is 0.326 e. The first-order valence-corrected chi connectivity index (χ1v) is 15.3. The van der Waals surface area contributed by atoms with Crippen LogP contribution in [-0.4, -0.2) is 79.7 Å². The highest BCUT2D eigenvalue weighted by Crippen LogP contribution is 2.21. The molecule has 0 spiro atoms. The third-order valence-corrected chi connectivity index (χ3v) is 7.70. The van der Waals surface area contributed by atoms with E-state index in [2.05, 4.69) is 47.6 Å². The molecule has 230 valence electrons. The zero-order valence-corrected chi connectivity index (χ0v) is 25.2. The fourth-order valence-electron chi connectivity index (χ4n) is 5.24. The Balaban J connectivity index is 1.17. The fraction of sp³-hybridized carbons (Fsp3) is 0.394. The number of nitrogens with one attached hydrogen (secondary N) is 2. The van der Waals surface area contributed by atoms with Crippen LogP contribution in [-0.2, 0) is 17.6 Å². The minimum atomic E-state index is -0.935. The lowest BCUT2D eigenvalue weighted by Crippen LogP contribution is -2.37. The second kappa shape index (κ2) is 15.7. The van der Waals surface area contributed by atoms with Crippen LogP contribution in [0.15, 0.2) is 67.4 Å². The molecular formula is C33H40N8O3. The molecule has 0 bridgehead atoms. The van der Waals surface area contributed by atoms with Crippen molar-refractivity contribution in [3.63, 3.8) is 0 Å². The van der Waals surface area contributed by atoms with Crippen LogP contribution in [0.4, 0.5) is 11.6 Å². The highest BCUT2D eigenvalue weighted by molar-refractivity contribution is 5.77. The number of carboxylic acids is 1. The number of ether oxygens (including phenoxy) is 1. The van der Waals surface area contributed by atoms with Gasteiger partial charge < -0.3 is 20.5 Å². The first kappa shape index (κ1) is 30.8. The van der Waals surface area contributed by atoms with Crippen LogP contribution in [0.5, 0.6) is 5.75 Å². The summed E-state index contributed by atoms with van der Waals surface area (Å²) < 4.78 is 6.03. The summed E-state index contributed by atoms with van der Waals surface area (Å²) in [5, 5.41) is 16.5. The van der Waals surface area contributed by atoms with Crippen molar-refractivity contribution in [1.82, 2.24) is 29.8 Å². The summed E-state index contributed by atoms with van der Waals surface area (Å²) in [5.41, 5.74) is 4.75. The SMILES string of the molecule is Cc1ncccc1OCCN(CCCCc1ccc2c(n1)NCCC2)CCC(Nc1cncc(-c2ccncc2)n1)C(=O)O. The van der Waals surface area contributed by atoms with Gasteiger partial charge in [-0.3, -0.25) is 19.9 Å². The summed E-state index contributed by atoms with van der Waals surface area (Å²) in [5.74, 6) is 1.27. The molecule has 1 aliphatic heterocycles. The topological polar surface area (TPSA) is 138 Å². The Hall–Kier alpha value is -4.64. The summed E-state index contributed by atoms with van der Waals surface area (Å²) in [6, 6.07) is 11.0. The number of aryl methyl sites for hydroxylation is 3. The predicted molar refractivity (Wildman–Crippen MR) is 170 cm³/mol. The minimum absolute atomic E-state index is 0.389. The molecule has 11 heteroatoms. The normalized spacial score (nSPS) is 13.1. The zero-order chi connectivity index (χ0) is 30.6. The van der Waals surface area contributed by atoms with E-state index in [9.17, 15) is 9.90 Å². The Morgan fingerprint density at radius 3 is 2.77 bits per heavy atom. The molecule has 0 amide bonds. The Morgan fingerprint density at radius 1 is 1.05 bits per heavy atom. The number of aromatic nitrogens is 5. The first-order valence-electron chi connectivity index (χ1n) is 15.3. The Kier molecular flexibility index (Phi) is 11.0. The number of hydrogen-bond acceptors (Lipinski definition) is 10. The van der Waals surface area contributed by atoms with Crippen molar-refractivity contribution in [1.29, 1.82) is 0 Å². The fourth-order valence-corrected chi connectivity index (χ4v) is 5.24. The van der Waals surface area contributed by atoms with E-state index in [0.717, 1.165) is 73.7 Å². The van der Waals surface area contributed by atoms with Gasteiger partial charge in [-0.2, -0.15) is 0 Å². The van der Waals surface area contributed by atoms with E-state index in [-0.39, 0.29) is 0 Å². The number of fused-ring (bicyclic) bond motifs is 1. The minimum Gasteiger partial charge on any atom is -0.490 e. The lowest BCUT2D eigenvalue weighted by Gasteiger charge is -2.25. The third-order valence-electron chi connectivity index (χ3n) is 7.70. The highest BCUT2D eigenvalue weighted by atomic mass is 16.5. The molecule has 5 heterocycles. The van der Waals surface area contributed by atoms with E-state index < -0.39 is 12.0 Å². The van der Waals surface area contributed by atoms with Gasteiger partial charge in [0.15, 0.2) is 0 Å². The van der Waals surface area contributed by atoms with Crippen LogP contribution < -0.4 is 15.4 Å². The summed E-state index contributed by atoms with van der Waals surface area (Å²) in [7, 11) is 0. The van der Waals surface area contributed by atoms with Gasteiger partial charge in [-0.05, 0) is 87.9 Å². The van der Waals surface area contributed by atoms with Crippen molar-refractivity contribution < 1.29 is 14.6 Å². The lowest BCUT2D eigenvalue weighted by molar-refractivity contribution is -0.138. The molecule has 5 rings (SSSR count). The van der Waals surface area contributed by atoms with Crippen molar-refractivity contribution in [2.45, 2.75) is 51.5 Å². The number of anilines is 2. The number of rotatable bonds is 16. The molecule has 1 unspecified atom stereocenters. The maximum atomic E-state index is 12.2. The van der Waals surface area contributed by atoms with Crippen molar-refractivity contribution in [3.8, 4) is 17.0 Å². The molecule has 4 aromatic rings. The van der Waals surface area contributed by atoms with Crippen LogP contribution in [0.1, 0.15) is 42.6 Å². The molecule has 0 fully saturated rings. The van der Waals surface area contributed by atoms with Crippen LogP contribution in [0.25, 0.3) is 11.3 Å². The number of unbranched alkanes of at least 4 members (excludes halogenated alkanes) is 1. The number of aliphatic carboxylic acids is 1. The molecule has 0 radical (unpaired) electrons. The van der Waals surface area contributed by atoms with Gasteiger partial charge in [0.2, 0.25) is 0 Å². The second-order valence-corrected chi connectivity index (χ2v) is 10.9. The van der Waals surface area contributed by atoms with Gasteiger partial charge in [0.1, 0.15) is 30.0 Å². The van der Waals surface area contributed by atoms with Crippen molar-refractivity contribution in [3.05, 3.63) is 84.3 Å². The average molecular weight is 597 g/mol. The lowest BCUT2D eigenvalue weighted by atomic mass is 10.1. The summed E-state index contributed by atoms with van der Waals surface area (Å²) in [4.78, 5) is 36.5. The molecule has 11 nitrogen and oxygen atoms in total. The molecule has 1 aliphatic rings.